The van der Waals surface area contributed by atoms with Crippen molar-refractivity contribution in [2.24, 2.45) is 5.41 Å². The Hall–Kier alpha value is -2.08. The predicted octanol–water partition coefficient (Wildman–Crippen LogP) is 3.19. The van der Waals surface area contributed by atoms with Crippen LogP contribution in [0.2, 0.25) is 0 Å². The van der Waals surface area contributed by atoms with Crippen molar-refractivity contribution < 1.29 is 19.1 Å². The van der Waals surface area contributed by atoms with Crippen molar-refractivity contribution in [1.82, 2.24) is 9.80 Å². The van der Waals surface area contributed by atoms with Crippen molar-refractivity contribution in [3.63, 3.8) is 0 Å². The van der Waals surface area contributed by atoms with Crippen LogP contribution < -0.4 is 9.47 Å². The Labute approximate surface area is 161 Å². The molecule has 0 radical (unpaired) electrons. The molecule has 1 spiro atoms. The van der Waals surface area contributed by atoms with Crippen LogP contribution in [0.15, 0.2) is 18.2 Å². The predicted molar refractivity (Wildman–Crippen MR) is 102 cm³/mol. The highest BCUT2D eigenvalue weighted by molar-refractivity contribution is 6.05. The largest absolute Gasteiger partial charge is 0.493 e. The van der Waals surface area contributed by atoms with Gasteiger partial charge in [-0.2, -0.15) is 0 Å². The van der Waals surface area contributed by atoms with E-state index in [0.717, 1.165) is 37.0 Å². The Kier molecular flexibility index (Phi) is 6.05. The van der Waals surface area contributed by atoms with Crippen molar-refractivity contribution in [1.29, 1.82) is 0 Å². The normalized spacial score (nSPS) is 19.2. The Balaban J connectivity index is 1.64. The van der Waals surface area contributed by atoms with Crippen LogP contribution in [0.5, 0.6) is 11.5 Å². The fourth-order valence-electron chi connectivity index (χ4n) is 4.31. The van der Waals surface area contributed by atoms with Crippen LogP contribution in [0, 0.1) is 5.41 Å². The number of ether oxygens (including phenoxy) is 2. The molecule has 1 aromatic carbocycles. The number of hydrogen-bond donors (Lipinski definition) is 0. The second-order valence-corrected chi connectivity index (χ2v) is 7.72. The van der Waals surface area contributed by atoms with Gasteiger partial charge in [0, 0.05) is 13.0 Å². The van der Waals surface area contributed by atoms with Gasteiger partial charge in [0.2, 0.25) is 11.8 Å². The highest BCUT2D eigenvalue weighted by atomic mass is 16.5. The smallest absolute Gasteiger partial charge is 0.237 e. The number of likely N-dealkylation sites (tertiary alicyclic amines) is 1. The first-order valence-corrected chi connectivity index (χ1v) is 9.82. The van der Waals surface area contributed by atoms with Gasteiger partial charge in [-0.3, -0.25) is 19.4 Å². The van der Waals surface area contributed by atoms with E-state index in [9.17, 15) is 9.59 Å². The van der Waals surface area contributed by atoms with E-state index >= 15 is 0 Å². The summed E-state index contributed by atoms with van der Waals surface area (Å²) < 4.78 is 11.0. The van der Waals surface area contributed by atoms with Crippen molar-refractivity contribution in [2.45, 2.75) is 52.0 Å². The average Bonchev–Trinajstić information content (AvgIpc) is 2.87. The van der Waals surface area contributed by atoms with Crippen molar-refractivity contribution in [2.75, 3.05) is 27.4 Å². The highest BCUT2D eigenvalue weighted by Crippen LogP contribution is 2.45. The van der Waals surface area contributed by atoms with Gasteiger partial charge in [-0.1, -0.05) is 25.3 Å². The summed E-state index contributed by atoms with van der Waals surface area (Å²) in [5.41, 5.74) is 0.628. The van der Waals surface area contributed by atoms with Crippen LogP contribution in [0.1, 0.15) is 51.0 Å². The molecule has 0 bridgehead atoms. The summed E-state index contributed by atoms with van der Waals surface area (Å²) in [4.78, 5) is 28.9. The number of rotatable bonds is 7. The van der Waals surface area contributed by atoms with E-state index in [-0.39, 0.29) is 11.8 Å². The molecule has 1 aliphatic carbocycles. The first kappa shape index (κ1) is 19.7. The zero-order valence-corrected chi connectivity index (χ0v) is 16.6. The molecular weight excluding hydrogens is 344 g/mol. The number of methoxy groups -OCH3 is 1. The lowest BCUT2D eigenvalue weighted by atomic mass is 9.73. The molecule has 2 aliphatic rings. The van der Waals surface area contributed by atoms with Gasteiger partial charge in [0.15, 0.2) is 11.5 Å². The van der Waals surface area contributed by atoms with E-state index in [4.69, 9.17) is 9.47 Å². The summed E-state index contributed by atoms with van der Waals surface area (Å²) in [6.45, 7) is 3.46. The number of amides is 2. The molecule has 1 saturated carbocycles. The Morgan fingerprint density at radius 3 is 2.56 bits per heavy atom. The van der Waals surface area contributed by atoms with E-state index in [1.54, 1.807) is 7.11 Å². The number of carbonyl (C=O) groups excluding carboxylic acids is 2. The average molecular weight is 374 g/mol. The van der Waals surface area contributed by atoms with Gasteiger partial charge in [0.1, 0.15) is 0 Å². The molecule has 2 amide bonds. The molecule has 148 valence electrons. The second kappa shape index (κ2) is 8.30. The van der Waals surface area contributed by atoms with E-state index in [1.807, 2.05) is 37.1 Å². The van der Waals surface area contributed by atoms with Gasteiger partial charge in [0.25, 0.3) is 0 Å². The number of imide groups is 1. The number of carbonyl (C=O) groups is 2. The Morgan fingerprint density at radius 2 is 1.89 bits per heavy atom. The lowest BCUT2D eigenvalue weighted by Gasteiger charge is -2.31. The van der Waals surface area contributed by atoms with Gasteiger partial charge in [0.05, 0.1) is 25.8 Å². The van der Waals surface area contributed by atoms with Crippen LogP contribution >= 0.6 is 0 Å². The molecule has 0 aromatic heterocycles. The fraction of sp³-hybridized carbons (Fsp3) is 0.619. The minimum absolute atomic E-state index is 0.0296. The van der Waals surface area contributed by atoms with Crippen LogP contribution in [0.3, 0.4) is 0 Å². The number of benzene rings is 1. The summed E-state index contributed by atoms with van der Waals surface area (Å²) in [5.74, 6) is 1.41. The molecule has 6 nitrogen and oxygen atoms in total. The zero-order chi connectivity index (χ0) is 19.4. The lowest BCUT2D eigenvalue weighted by Crippen LogP contribution is -2.42. The monoisotopic (exact) mass is 374 g/mol. The Morgan fingerprint density at radius 1 is 1.15 bits per heavy atom. The summed E-state index contributed by atoms with van der Waals surface area (Å²) >= 11 is 0. The first-order valence-electron chi connectivity index (χ1n) is 9.82. The van der Waals surface area contributed by atoms with Gasteiger partial charge in [-0.05, 0) is 44.5 Å². The van der Waals surface area contributed by atoms with Crippen molar-refractivity contribution in [3.05, 3.63) is 23.8 Å². The minimum atomic E-state index is -0.418. The lowest BCUT2D eigenvalue weighted by molar-refractivity contribution is -0.144. The maximum atomic E-state index is 12.9. The van der Waals surface area contributed by atoms with E-state index in [1.165, 1.54) is 11.3 Å². The third-order valence-electron chi connectivity index (χ3n) is 5.66. The highest BCUT2D eigenvalue weighted by Gasteiger charge is 2.51. The van der Waals surface area contributed by atoms with E-state index in [0.29, 0.717) is 32.0 Å². The van der Waals surface area contributed by atoms with Crippen molar-refractivity contribution >= 4 is 11.8 Å². The van der Waals surface area contributed by atoms with E-state index in [2.05, 4.69) is 0 Å². The van der Waals surface area contributed by atoms with Gasteiger partial charge >= 0.3 is 0 Å². The molecule has 1 aliphatic heterocycles. The van der Waals surface area contributed by atoms with E-state index < -0.39 is 5.41 Å². The van der Waals surface area contributed by atoms with Gasteiger partial charge < -0.3 is 9.47 Å². The SMILES string of the molecule is CCOc1ccc(CN(C)CN2C(=O)CC3(CCCCC3)C2=O)cc1OC. The Bertz CT molecular complexity index is 697. The van der Waals surface area contributed by atoms with Crippen molar-refractivity contribution in [3.8, 4) is 11.5 Å². The number of nitrogens with zero attached hydrogens (tertiary/aromatic N) is 2. The molecular formula is C21H30N2O4. The van der Waals surface area contributed by atoms with Crippen LogP contribution in [-0.4, -0.2) is 49.0 Å². The number of hydrogen-bond acceptors (Lipinski definition) is 5. The van der Waals surface area contributed by atoms with Gasteiger partial charge in [-0.15, -0.1) is 0 Å². The second-order valence-electron chi connectivity index (χ2n) is 7.72. The summed E-state index contributed by atoms with van der Waals surface area (Å²) in [5, 5.41) is 0. The quantitative estimate of drug-likeness (QED) is 0.686. The minimum Gasteiger partial charge on any atom is -0.493 e. The molecule has 1 heterocycles. The molecule has 1 aromatic rings. The van der Waals surface area contributed by atoms with Crippen LogP contribution in [0.25, 0.3) is 0 Å². The van der Waals surface area contributed by atoms with Gasteiger partial charge in [-0.25, -0.2) is 0 Å². The summed E-state index contributed by atoms with van der Waals surface area (Å²) in [6, 6.07) is 5.83. The molecule has 0 atom stereocenters. The third kappa shape index (κ3) is 4.10. The first-order chi connectivity index (χ1) is 13.0. The maximum Gasteiger partial charge on any atom is 0.237 e. The summed E-state index contributed by atoms with van der Waals surface area (Å²) in [7, 11) is 3.55. The molecule has 0 N–H and O–H groups in total. The topological polar surface area (TPSA) is 59.1 Å². The zero-order valence-electron chi connectivity index (χ0n) is 16.6. The molecule has 6 heteroatoms. The molecule has 0 unspecified atom stereocenters. The maximum absolute atomic E-state index is 12.9. The fourth-order valence-corrected chi connectivity index (χ4v) is 4.31. The van der Waals surface area contributed by atoms with Crippen LogP contribution in [-0.2, 0) is 16.1 Å². The molecule has 3 rings (SSSR count). The summed E-state index contributed by atoms with van der Waals surface area (Å²) in [6.07, 6.45) is 5.37. The molecule has 1 saturated heterocycles. The third-order valence-corrected chi connectivity index (χ3v) is 5.66. The molecule has 2 fully saturated rings. The van der Waals surface area contributed by atoms with Crippen LogP contribution in [0.4, 0.5) is 0 Å². The standard InChI is InChI=1S/C21H30N2O4/c1-4-27-17-9-8-16(12-18(17)26-3)14-22(2)15-23-19(24)13-21(20(23)25)10-6-5-7-11-21/h8-9,12H,4-7,10-11,13-15H2,1-3H3. The molecule has 27 heavy (non-hydrogen) atoms.